The minimum absolute atomic E-state index is 0.314. The lowest BCUT2D eigenvalue weighted by Crippen LogP contribution is -2.58. The maximum absolute atomic E-state index is 11.7. The van der Waals surface area contributed by atoms with E-state index in [9.17, 15) is 9.90 Å². The molecule has 0 aromatic rings. The lowest BCUT2D eigenvalue weighted by molar-refractivity contribution is -0.156. The third kappa shape index (κ3) is 2.57. The van der Waals surface area contributed by atoms with Crippen LogP contribution >= 0.6 is 0 Å². The van der Waals surface area contributed by atoms with Crippen molar-refractivity contribution < 1.29 is 9.90 Å². The molecule has 1 fully saturated rings. The highest BCUT2D eigenvalue weighted by atomic mass is 16.4. The van der Waals surface area contributed by atoms with Gasteiger partial charge in [0.05, 0.1) is 0 Å². The Bertz CT molecular complexity index is 232. The zero-order valence-electron chi connectivity index (χ0n) is 10.8. The second-order valence-electron chi connectivity index (χ2n) is 5.18. The van der Waals surface area contributed by atoms with E-state index in [0.29, 0.717) is 6.04 Å². The van der Waals surface area contributed by atoms with Gasteiger partial charge in [0.25, 0.3) is 0 Å². The molecule has 0 bridgehead atoms. The molecular weight excluding hydrogens is 202 g/mol. The van der Waals surface area contributed by atoms with Gasteiger partial charge in [0.1, 0.15) is 5.54 Å². The molecule has 0 atom stereocenters. The molecule has 1 aliphatic carbocycles. The van der Waals surface area contributed by atoms with Gasteiger partial charge in [-0.1, -0.05) is 26.2 Å². The van der Waals surface area contributed by atoms with Crippen molar-refractivity contribution in [1.82, 2.24) is 4.90 Å². The van der Waals surface area contributed by atoms with Crippen LogP contribution in [0.3, 0.4) is 0 Å². The Morgan fingerprint density at radius 2 is 1.88 bits per heavy atom. The molecule has 16 heavy (non-hydrogen) atoms. The van der Waals surface area contributed by atoms with E-state index in [4.69, 9.17) is 0 Å². The fraction of sp³-hybridized carbons (Fsp3) is 0.923. The van der Waals surface area contributed by atoms with E-state index in [1.165, 1.54) is 6.42 Å². The highest BCUT2D eigenvalue weighted by Crippen LogP contribution is 2.35. The predicted molar refractivity (Wildman–Crippen MR) is 65.6 cm³/mol. The van der Waals surface area contributed by atoms with Crippen molar-refractivity contribution in [2.24, 2.45) is 0 Å². The molecule has 0 aliphatic heterocycles. The highest BCUT2D eigenvalue weighted by molar-refractivity contribution is 5.79. The third-order valence-electron chi connectivity index (χ3n) is 3.72. The minimum atomic E-state index is -0.616. The van der Waals surface area contributed by atoms with Crippen LogP contribution in [0.5, 0.6) is 0 Å². The van der Waals surface area contributed by atoms with Crippen LogP contribution < -0.4 is 0 Å². The van der Waals surface area contributed by atoms with E-state index in [2.05, 4.69) is 25.7 Å². The van der Waals surface area contributed by atoms with Crippen LogP contribution in [0.25, 0.3) is 0 Å². The number of nitrogens with zero attached hydrogens (tertiary/aromatic N) is 1. The van der Waals surface area contributed by atoms with Gasteiger partial charge in [0.15, 0.2) is 0 Å². The molecule has 94 valence electrons. The van der Waals surface area contributed by atoms with E-state index in [1.807, 2.05) is 0 Å². The summed E-state index contributed by atoms with van der Waals surface area (Å²) in [6, 6.07) is 0.314. The number of carbonyl (C=O) groups is 1. The van der Waals surface area contributed by atoms with Crippen molar-refractivity contribution >= 4 is 5.97 Å². The second-order valence-corrected chi connectivity index (χ2v) is 5.18. The Hall–Kier alpha value is -0.570. The molecule has 1 saturated carbocycles. The molecule has 0 aromatic carbocycles. The van der Waals surface area contributed by atoms with Gasteiger partial charge in [-0.2, -0.15) is 0 Å². The van der Waals surface area contributed by atoms with Crippen LogP contribution in [0.2, 0.25) is 0 Å². The molecule has 0 amide bonds. The molecular formula is C13H25NO2. The summed E-state index contributed by atoms with van der Waals surface area (Å²) in [5, 5.41) is 9.59. The number of hydrogen-bond acceptors (Lipinski definition) is 2. The Morgan fingerprint density at radius 1 is 1.31 bits per heavy atom. The van der Waals surface area contributed by atoms with Crippen LogP contribution in [-0.4, -0.2) is 34.1 Å². The summed E-state index contributed by atoms with van der Waals surface area (Å²) < 4.78 is 0. The van der Waals surface area contributed by atoms with Crippen LogP contribution in [-0.2, 0) is 4.79 Å². The minimum Gasteiger partial charge on any atom is -0.480 e. The summed E-state index contributed by atoms with van der Waals surface area (Å²) in [6.45, 7) is 7.22. The molecule has 0 unspecified atom stereocenters. The van der Waals surface area contributed by atoms with Crippen LogP contribution in [0.15, 0.2) is 0 Å². The molecule has 1 rings (SSSR count). The molecule has 0 aromatic heterocycles. The summed E-state index contributed by atoms with van der Waals surface area (Å²) in [6.07, 6.45) is 5.96. The first kappa shape index (κ1) is 13.5. The lowest BCUT2D eigenvalue weighted by atomic mass is 9.79. The van der Waals surface area contributed by atoms with Gasteiger partial charge in [-0.3, -0.25) is 9.69 Å². The molecule has 0 heterocycles. The Morgan fingerprint density at radius 3 is 2.25 bits per heavy atom. The fourth-order valence-corrected chi connectivity index (χ4v) is 2.97. The van der Waals surface area contributed by atoms with E-state index >= 15 is 0 Å². The third-order valence-corrected chi connectivity index (χ3v) is 3.72. The first-order chi connectivity index (χ1) is 7.54. The van der Waals surface area contributed by atoms with Gasteiger partial charge in [-0.05, 0) is 39.7 Å². The van der Waals surface area contributed by atoms with Crippen molar-refractivity contribution in [2.45, 2.75) is 70.9 Å². The molecule has 0 saturated heterocycles. The zero-order chi connectivity index (χ0) is 12.2. The SMILES string of the molecule is CCCN(C(C)C)C1(C(=O)O)CCCCC1. The van der Waals surface area contributed by atoms with Gasteiger partial charge >= 0.3 is 5.97 Å². The van der Waals surface area contributed by atoms with Gasteiger partial charge in [-0.25, -0.2) is 0 Å². The Balaban J connectivity index is 2.92. The Kier molecular flexibility index (Phi) is 4.78. The maximum atomic E-state index is 11.7. The highest BCUT2D eigenvalue weighted by Gasteiger charge is 2.45. The standard InChI is InChI=1S/C13H25NO2/c1-4-10-14(11(2)3)13(12(15)16)8-6-5-7-9-13/h11H,4-10H2,1-3H3,(H,15,16). The van der Waals surface area contributed by atoms with E-state index < -0.39 is 11.5 Å². The number of hydrogen-bond donors (Lipinski definition) is 1. The summed E-state index contributed by atoms with van der Waals surface area (Å²) in [5.41, 5.74) is -0.581. The largest absolute Gasteiger partial charge is 0.480 e. The lowest BCUT2D eigenvalue weighted by Gasteiger charge is -2.45. The van der Waals surface area contributed by atoms with Crippen molar-refractivity contribution in [2.75, 3.05) is 6.54 Å². The summed E-state index contributed by atoms with van der Waals surface area (Å²) in [4.78, 5) is 13.9. The van der Waals surface area contributed by atoms with Gasteiger partial charge < -0.3 is 5.11 Å². The monoisotopic (exact) mass is 227 g/mol. The van der Waals surface area contributed by atoms with Crippen molar-refractivity contribution in [3.05, 3.63) is 0 Å². The molecule has 0 radical (unpaired) electrons. The number of carboxylic acid groups (broad SMARTS) is 1. The second kappa shape index (κ2) is 5.67. The quantitative estimate of drug-likeness (QED) is 0.785. The molecule has 3 nitrogen and oxygen atoms in total. The van der Waals surface area contributed by atoms with Crippen LogP contribution in [0.1, 0.15) is 59.3 Å². The molecule has 1 aliphatic rings. The molecule has 3 heteroatoms. The van der Waals surface area contributed by atoms with E-state index in [0.717, 1.165) is 38.6 Å². The van der Waals surface area contributed by atoms with Gasteiger partial charge in [0, 0.05) is 6.04 Å². The first-order valence-corrected chi connectivity index (χ1v) is 6.54. The topological polar surface area (TPSA) is 40.5 Å². The van der Waals surface area contributed by atoms with Crippen LogP contribution in [0, 0.1) is 0 Å². The number of carboxylic acids is 1. The van der Waals surface area contributed by atoms with E-state index in [-0.39, 0.29) is 0 Å². The average molecular weight is 227 g/mol. The first-order valence-electron chi connectivity index (χ1n) is 6.54. The normalized spacial score (nSPS) is 20.3. The predicted octanol–water partition coefficient (Wildman–Crippen LogP) is 2.89. The van der Waals surface area contributed by atoms with Crippen molar-refractivity contribution in [3.8, 4) is 0 Å². The molecule has 1 N–H and O–H groups in total. The van der Waals surface area contributed by atoms with Gasteiger partial charge in [0.2, 0.25) is 0 Å². The summed E-state index contributed by atoms with van der Waals surface area (Å²) in [7, 11) is 0. The smallest absolute Gasteiger partial charge is 0.324 e. The number of rotatable bonds is 5. The fourth-order valence-electron chi connectivity index (χ4n) is 2.97. The Labute approximate surface area is 98.8 Å². The summed E-state index contributed by atoms with van der Waals surface area (Å²) in [5.74, 6) is -0.616. The average Bonchev–Trinajstić information content (AvgIpc) is 2.26. The zero-order valence-corrected chi connectivity index (χ0v) is 10.8. The van der Waals surface area contributed by atoms with Crippen molar-refractivity contribution in [1.29, 1.82) is 0 Å². The number of aliphatic carboxylic acids is 1. The van der Waals surface area contributed by atoms with Gasteiger partial charge in [-0.15, -0.1) is 0 Å². The summed E-state index contributed by atoms with van der Waals surface area (Å²) >= 11 is 0. The maximum Gasteiger partial charge on any atom is 0.324 e. The molecule has 0 spiro atoms. The van der Waals surface area contributed by atoms with Crippen LogP contribution in [0.4, 0.5) is 0 Å². The van der Waals surface area contributed by atoms with E-state index in [1.54, 1.807) is 0 Å². The van der Waals surface area contributed by atoms with Crippen molar-refractivity contribution in [3.63, 3.8) is 0 Å².